The van der Waals surface area contributed by atoms with Crippen LogP contribution in [0.2, 0.25) is 0 Å². The van der Waals surface area contributed by atoms with E-state index in [4.69, 9.17) is 6.42 Å². The SMILES string of the molecule is C#CCN1CCC(Nc2c(F)cc(F)cc2F)CC1. The lowest BCUT2D eigenvalue weighted by atomic mass is 10.0. The summed E-state index contributed by atoms with van der Waals surface area (Å²) in [4.78, 5) is 2.11. The van der Waals surface area contributed by atoms with Gasteiger partial charge in [-0.2, -0.15) is 0 Å². The molecule has 1 aliphatic heterocycles. The van der Waals surface area contributed by atoms with Crippen molar-refractivity contribution in [2.75, 3.05) is 25.0 Å². The molecule has 2 nitrogen and oxygen atoms in total. The average Bonchev–Trinajstić information content (AvgIpc) is 2.36. The van der Waals surface area contributed by atoms with Gasteiger partial charge < -0.3 is 5.32 Å². The van der Waals surface area contributed by atoms with E-state index in [2.05, 4.69) is 16.1 Å². The maximum absolute atomic E-state index is 13.5. The summed E-state index contributed by atoms with van der Waals surface area (Å²) in [6, 6.07) is 1.33. The van der Waals surface area contributed by atoms with Crippen LogP contribution in [0.15, 0.2) is 12.1 Å². The van der Waals surface area contributed by atoms with Crippen LogP contribution in [0.25, 0.3) is 0 Å². The quantitative estimate of drug-likeness (QED) is 0.848. The summed E-state index contributed by atoms with van der Waals surface area (Å²) in [6.07, 6.45) is 6.73. The number of hydrogen-bond donors (Lipinski definition) is 1. The maximum atomic E-state index is 13.5. The molecule has 1 saturated heterocycles. The second-order valence-corrected chi connectivity index (χ2v) is 4.64. The lowest BCUT2D eigenvalue weighted by Crippen LogP contribution is -2.39. The normalized spacial score (nSPS) is 17.2. The minimum atomic E-state index is -0.913. The van der Waals surface area contributed by atoms with E-state index >= 15 is 0 Å². The van der Waals surface area contributed by atoms with Crippen molar-refractivity contribution in [1.82, 2.24) is 4.90 Å². The predicted molar refractivity (Wildman–Crippen MR) is 68.2 cm³/mol. The third-order valence-corrected chi connectivity index (χ3v) is 3.26. The van der Waals surface area contributed by atoms with E-state index in [-0.39, 0.29) is 11.7 Å². The van der Waals surface area contributed by atoms with Gasteiger partial charge in [-0.25, -0.2) is 13.2 Å². The smallest absolute Gasteiger partial charge is 0.152 e. The fourth-order valence-electron chi connectivity index (χ4n) is 2.25. The molecule has 0 aromatic heterocycles. The summed E-state index contributed by atoms with van der Waals surface area (Å²) in [5, 5.41) is 2.81. The summed E-state index contributed by atoms with van der Waals surface area (Å²) in [7, 11) is 0. The Bertz CT molecular complexity index is 465. The van der Waals surface area contributed by atoms with Crippen LogP contribution in [0.5, 0.6) is 0 Å². The monoisotopic (exact) mass is 268 g/mol. The minimum Gasteiger partial charge on any atom is -0.377 e. The number of likely N-dealkylation sites (tertiary alicyclic amines) is 1. The molecule has 1 aromatic rings. The molecule has 5 heteroatoms. The van der Waals surface area contributed by atoms with Gasteiger partial charge in [-0.1, -0.05) is 5.92 Å². The zero-order valence-electron chi connectivity index (χ0n) is 10.4. The number of benzene rings is 1. The van der Waals surface area contributed by atoms with Gasteiger partial charge in [0, 0.05) is 31.3 Å². The summed E-state index contributed by atoms with van der Waals surface area (Å²) in [6.45, 7) is 2.16. The predicted octanol–water partition coefficient (Wildman–Crippen LogP) is 2.61. The molecule has 0 aliphatic carbocycles. The van der Waals surface area contributed by atoms with Crippen LogP contribution in [0.1, 0.15) is 12.8 Å². The Balaban J connectivity index is 1.98. The van der Waals surface area contributed by atoms with E-state index < -0.39 is 17.5 Å². The van der Waals surface area contributed by atoms with Gasteiger partial charge in [-0.3, -0.25) is 4.90 Å². The Morgan fingerprint density at radius 1 is 1.21 bits per heavy atom. The number of nitrogens with one attached hydrogen (secondary N) is 1. The molecule has 1 fully saturated rings. The van der Waals surface area contributed by atoms with Crippen molar-refractivity contribution in [3.8, 4) is 12.3 Å². The molecule has 102 valence electrons. The molecule has 0 bridgehead atoms. The Morgan fingerprint density at radius 3 is 2.32 bits per heavy atom. The van der Waals surface area contributed by atoms with E-state index in [9.17, 15) is 13.2 Å². The van der Waals surface area contributed by atoms with Crippen LogP contribution in [-0.2, 0) is 0 Å². The lowest BCUT2D eigenvalue weighted by molar-refractivity contribution is 0.243. The van der Waals surface area contributed by atoms with Crippen LogP contribution >= 0.6 is 0 Å². The molecule has 0 atom stereocenters. The van der Waals surface area contributed by atoms with E-state index in [1.54, 1.807) is 0 Å². The van der Waals surface area contributed by atoms with Gasteiger partial charge >= 0.3 is 0 Å². The zero-order chi connectivity index (χ0) is 13.8. The second kappa shape index (κ2) is 5.98. The molecule has 1 heterocycles. The first-order valence-corrected chi connectivity index (χ1v) is 6.17. The van der Waals surface area contributed by atoms with Crippen molar-refractivity contribution in [2.45, 2.75) is 18.9 Å². The zero-order valence-corrected chi connectivity index (χ0v) is 10.4. The number of anilines is 1. The van der Waals surface area contributed by atoms with Gasteiger partial charge in [0.2, 0.25) is 0 Å². The molecule has 1 N–H and O–H groups in total. The number of piperidine rings is 1. The van der Waals surface area contributed by atoms with Gasteiger partial charge in [0.25, 0.3) is 0 Å². The number of rotatable bonds is 3. The Kier molecular flexibility index (Phi) is 4.33. The molecule has 0 amide bonds. The highest BCUT2D eigenvalue weighted by Gasteiger charge is 2.21. The van der Waals surface area contributed by atoms with Gasteiger partial charge in [0.15, 0.2) is 11.6 Å². The van der Waals surface area contributed by atoms with Gasteiger partial charge in [0.1, 0.15) is 11.5 Å². The van der Waals surface area contributed by atoms with Crippen LogP contribution in [0.3, 0.4) is 0 Å². The molecule has 19 heavy (non-hydrogen) atoms. The number of halogens is 3. The molecular weight excluding hydrogens is 253 g/mol. The standard InChI is InChI=1S/C14H15F3N2/c1-2-5-19-6-3-11(4-7-19)18-14-12(16)8-10(15)9-13(14)17/h1,8-9,11,18H,3-7H2. The van der Waals surface area contributed by atoms with Crippen molar-refractivity contribution in [3.05, 3.63) is 29.6 Å². The molecule has 0 unspecified atom stereocenters. The number of terminal acetylenes is 1. The van der Waals surface area contributed by atoms with Crippen molar-refractivity contribution >= 4 is 5.69 Å². The van der Waals surface area contributed by atoms with Crippen LogP contribution in [-0.4, -0.2) is 30.6 Å². The van der Waals surface area contributed by atoms with Gasteiger partial charge in [-0.05, 0) is 12.8 Å². The molecule has 1 aromatic carbocycles. The first-order valence-electron chi connectivity index (χ1n) is 6.17. The summed E-state index contributed by atoms with van der Waals surface area (Å²) in [5.74, 6) is -0.141. The molecule has 0 radical (unpaired) electrons. The van der Waals surface area contributed by atoms with E-state index in [0.29, 0.717) is 18.7 Å². The largest absolute Gasteiger partial charge is 0.377 e. The van der Waals surface area contributed by atoms with E-state index in [1.165, 1.54) is 0 Å². The molecule has 1 aliphatic rings. The highest BCUT2D eigenvalue weighted by atomic mass is 19.1. The topological polar surface area (TPSA) is 15.3 Å². The van der Waals surface area contributed by atoms with Crippen molar-refractivity contribution in [1.29, 1.82) is 0 Å². The highest BCUT2D eigenvalue weighted by Crippen LogP contribution is 2.23. The molecular formula is C14H15F3N2. The van der Waals surface area contributed by atoms with Crippen LogP contribution in [0.4, 0.5) is 18.9 Å². The average molecular weight is 268 g/mol. The van der Waals surface area contributed by atoms with Crippen LogP contribution in [0, 0.1) is 29.8 Å². The van der Waals surface area contributed by atoms with Crippen molar-refractivity contribution in [3.63, 3.8) is 0 Å². The Hall–Kier alpha value is -1.67. The Morgan fingerprint density at radius 2 is 1.79 bits per heavy atom. The Labute approximate surface area is 110 Å². The van der Waals surface area contributed by atoms with Gasteiger partial charge in [-0.15, -0.1) is 6.42 Å². The lowest BCUT2D eigenvalue weighted by Gasteiger charge is -2.31. The molecule has 0 spiro atoms. The summed E-state index contributed by atoms with van der Waals surface area (Å²) in [5.41, 5.74) is -0.253. The third-order valence-electron chi connectivity index (χ3n) is 3.26. The molecule has 2 rings (SSSR count). The van der Waals surface area contributed by atoms with E-state index in [1.807, 2.05) is 0 Å². The first kappa shape index (κ1) is 13.8. The van der Waals surface area contributed by atoms with E-state index in [0.717, 1.165) is 25.9 Å². The van der Waals surface area contributed by atoms with Crippen molar-refractivity contribution in [2.24, 2.45) is 0 Å². The minimum absolute atomic E-state index is 0.0246. The number of nitrogens with zero attached hydrogens (tertiary/aromatic N) is 1. The third kappa shape index (κ3) is 3.42. The fraction of sp³-hybridized carbons (Fsp3) is 0.429. The fourth-order valence-corrected chi connectivity index (χ4v) is 2.25. The maximum Gasteiger partial charge on any atom is 0.152 e. The number of hydrogen-bond acceptors (Lipinski definition) is 2. The highest BCUT2D eigenvalue weighted by molar-refractivity contribution is 5.47. The first-order chi connectivity index (χ1) is 9.10. The van der Waals surface area contributed by atoms with Gasteiger partial charge in [0.05, 0.1) is 6.54 Å². The summed E-state index contributed by atoms with van der Waals surface area (Å²) < 4.78 is 39.8. The van der Waals surface area contributed by atoms with Crippen molar-refractivity contribution < 1.29 is 13.2 Å². The second-order valence-electron chi connectivity index (χ2n) is 4.64. The molecule has 0 saturated carbocycles. The van der Waals surface area contributed by atoms with Crippen LogP contribution < -0.4 is 5.32 Å². The summed E-state index contributed by atoms with van der Waals surface area (Å²) >= 11 is 0.